The molecular formula is C30H43FN2O3. The fourth-order valence-electron chi connectivity index (χ4n) is 3.27. The van der Waals surface area contributed by atoms with Gasteiger partial charge in [0.15, 0.2) is 0 Å². The molecule has 0 aliphatic rings. The second-order valence-corrected chi connectivity index (χ2v) is 9.21. The Morgan fingerprint density at radius 3 is 2.22 bits per heavy atom. The first-order chi connectivity index (χ1) is 17.0. The van der Waals surface area contributed by atoms with Crippen LogP contribution in [-0.4, -0.2) is 24.0 Å². The number of unbranched alkanes of at least 4 members (excludes halogenated alkanes) is 2. The van der Waals surface area contributed by atoms with Crippen molar-refractivity contribution in [2.24, 2.45) is 0 Å². The average molecular weight is 499 g/mol. The number of carbonyl (C=O) groups is 2. The molecule has 5 nitrogen and oxygen atoms in total. The lowest BCUT2D eigenvalue weighted by atomic mass is 9.96. The first kappa shape index (κ1) is 32.8. The molecule has 0 bridgehead atoms. The first-order valence-corrected chi connectivity index (χ1v) is 12.8. The maximum absolute atomic E-state index is 14.7. The maximum atomic E-state index is 14.7. The quantitative estimate of drug-likeness (QED) is 0.378. The molecule has 0 saturated carbocycles. The summed E-state index contributed by atoms with van der Waals surface area (Å²) in [6.07, 6.45) is 4.71. The van der Waals surface area contributed by atoms with Crippen molar-refractivity contribution in [3.8, 4) is 17.2 Å². The molecule has 0 aliphatic carbocycles. The third-order valence-corrected chi connectivity index (χ3v) is 4.98. The third-order valence-electron chi connectivity index (χ3n) is 4.98. The van der Waals surface area contributed by atoms with E-state index in [0.29, 0.717) is 23.1 Å². The highest BCUT2D eigenvalue weighted by atomic mass is 19.1. The van der Waals surface area contributed by atoms with E-state index in [4.69, 9.17) is 4.74 Å². The van der Waals surface area contributed by atoms with E-state index in [9.17, 15) is 19.2 Å². The van der Waals surface area contributed by atoms with Gasteiger partial charge in [-0.3, -0.25) is 0 Å². The highest BCUT2D eigenvalue weighted by Crippen LogP contribution is 2.26. The molecule has 1 unspecified atom stereocenters. The Balaban J connectivity index is 0.00000156. The zero-order valence-electron chi connectivity index (χ0n) is 23.2. The number of benzene rings is 2. The number of halogens is 1. The Kier molecular flexibility index (Phi) is 15.7. The number of hydrogen-bond acceptors (Lipinski definition) is 4. The molecule has 1 N–H and O–H groups in total. The first-order valence-electron chi connectivity index (χ1n) is 12.8. The van der Waals surface area contributed by atoms with Gasteiger partial charge in [0.05, 0.1) is 6.07 Å². The summed E-state index contributed by atoms with van der Waals surface area (Å²) in [5, 5.41) is 11.8. The van der Waals surface area contributed by atoms with Crippen molar-refractivity contribution in [3.63, 3.8) is 0 Å². The van der Waals surface area contributed by atoms with Crippen LogP contribution < -0.4 is 5.32 Å². The van der Waals surface area contributed by atoms with Crippen molar-refractivity contribution in [1.29, 1.82) is 5.26 Å². The van der Waals surface area contributed by atoms with Crippen LogP contribution in [-0.2, 0) is 22.4 Å². The zero-order chi connectivity index (χ0) is 27.7. The minimum Gasteiger partial charge on any atom is -0.444 e. The number of hydrogen-bond donors (Lipinski definition) is 1. The summed E-state index contributed by atoms with van der Waals surface area (Å²) in [6.45, 7) is 15.5. The van der Waals surface area contributed by atoms with Crippen LogP contribution in [0.25, 0.3) is 11.1 Å². The van der Waals surface area contributed by atoms with E-state index in [1.165, 1.54) is 25.3 Å². The Morgan fingerprint density at radius 1 is 1.14 bits per heavy atom. The van der Waals surface area contributed by atoms with Gasteiger partial charge in [0.25, 0.3) is 0 Å². The van der Waals surface area contributed by atoms with Gasteiger partial charge in [-0.25, -0.2) is 9.18 Å². The smallest absolute Gasteiger partial charge is 0.408 e. The lowest BCUT2D eigenvalue weighted by Crippen LogP contribution is -2.39. The van der Waals surface area contributed by atoms with Crippen molar-refractivity contribution >= 4 is 12.4 Å². The molecule has 2 rings (SSSR count). The predicted molar refractivity (Wildman–Crippen MR) is 145 cm³/mol. The lowest BCUT2D eigenvalue weighted by molar-refractivity contribution is -0.107. The van der Waals surface area contributed by atoms with Crippen molar-refractivity contribution in [2.45, 2.75) is 99.1 Å². The summed E-state index contributed by atoms with van der Waals surface area (Å²) in [5.74, 6) is -0.418. The molecule has 198 valence electrons. The van der Waals surface area contributed by atoms with E-state index < -0.39 is 23.6 Å². The molecule has 0 aliphatic heterocycles. The molecular weight excluding hydrogens is 455 g/mol. The summed E-state index contributed by atoms with van der Waals surface area (Å²) < 4.78 is 19.9. The van der Waals surface area contributed by atoms with Crippen LogP contribution in [0.1, 0.15) is 84.4 Å². The number of nitrogens with one attached hydrogen (secondary N) is 1. The van der Waals surface area contributed by atoms with Gasteiger partial charge in [-0.15, -0.1) is 0 Å². The molecule has 0 saturated heterocycles. The van der Waals surface area contributed by atoms with Crippen LogP contribution >= 0.6 is 0 Å². The molecule has 0 heterocycles. The molecule has 6 heteroatoms. The molecule has 0 fully saturated rings. The lowest BCUT2D eigenvalue weighted by Gasteiger charge is -2.21. The van der Waals surface area contributed by atoms with Gasteiger partial charge >= 0.3 is 6.09 Å². The highest BCUT2D eigenvalue weighted by Gasteiger charge is 2.20. The number of nitriles is 1. The van der Waals surface area contributed by atoms with Gasteiger partial charge < -0.3 is 14.8 Å². The number of rotatable bonds is 8. The van der Waals surface area contributed by atoms with Crippen molar-refractivity contribution in [3.05, 3.63) is 58.9 Å². The second-order valence-electron chi connectivity index (χ2n) is 9.21. The van der Waals surface area contributed by atoms with Gasteiger partial charge in [-0.2, -0.15) is 5.26 Å². The number of amides is 1. The summed E-state index contributed by atoms with van der Waals surface area (Å²) in [4.78, 5) is 22.6. The molecule has 0 radical (unpaired) electrons. The van der Waals surface area contributed by atoms with E-state index in [0.717, 1.165) is 17.4 Å². The Labute approximate surface area is 217 Å². The van der Waals surface area contributed by atoms with Crippen LogP contribution in [0.4, 0.5) is 9.18 Å². The number of alkyl carbamates (subject to hydrolysis) is 1. The number of ether oxygens (including phenoxy) is 1. The number of carbonyl (C=O) groups excluding carboxylic acids is 2. The molecule has 1 amide bonds. The van der Waals surface area contributed by atoms with Crippen LogP contribution in [0.5, 0.6) is 0 Å². The Hall–Kier alpha value is -3.20. The van der Waals surface area contributed by atoms with Gasteiger partial charge in [-0.05, 0) is 56.0 Å². The fourth-order valence-corrected chi connectivity index (χ4v) is 3.27. The minimum absolute atomic E-state index is 0.157. The van der Waals surface area contributed by atoms with E-state index in [-0.39, 0.29) is 6.42 Å². The van der Waals surface area contributed by atoms with Gasteiger partial charge in [-0.1, -0.05) is 77.3 Å². The largest absolute Gasteiger partial charge is 0.444 e. The normalized spacial score (nSPS) is 11.0. The Bertz CT molecular complexity index is 989. The molecule has 36 heavy (non-hydrogen) atoms. The fraction of sp³-hybridized carbons (Fsp3) is 0.500. The molecule has 2 aromatic rings. The Morgan fingerprint density at radius 2 is 1.78 bits per heavy atom. The third kappa shape index (κ3) is 12.5. The van der Waals surface area contributed by atoms with Crippen LogP contribution in [0, 0.1) is 24.1 Å². The highest BCUT2D eigenvalue weighted by molar-refractivity contribution is 5.69. The number of aldehydes is 1. The molecule has 0 spiro atoms. The molecule has 2 aromatic carbocycles. The van der Waals surface area contributed by atoms with Crippen molar-refractivity contribution in [2.75, 3.05) is 0 Å². The molecule has 1 atom stereocenters. The van der Waals surface area contributed by atoms with E-state index in [1.54, 1.807) is 39.0 Å². The van der Waals surface area contributed by atoms with Gasteiger partial charge in [0.2, 0.25) is 0 Å². The average Bonchev–Trinajstić information content (AvgIpc) is 2.81. The van der Waals surface area contributed by atoms with E-state index in [1.807, 2.05) is 39.0 Å². The molecule has 0 aromatic heterocycles. The van der Waals surface area contributed by atoms with Crippen LogP contribution in [0.15, 0.2) is 36.4 Å². The minimum atomic E-state index is -0.833. The van der Waals surface area contributed by atoms with Crippen LogP contribution in [0.2, 0.25) is 0 Å². The standard InChI is InChI=1S/C23H25FN2O3.C5H12.C2H6/c1-15-11-18(7-6-17(15)9-10-27)20-8-5-16(13-21(20)24)12-19(14-25)26-22(28)29-23(2,3)4;1-3-5-4-2;1-2/h5-8,10-11,13,19H,9,12H2,1-4H3,(H,26,28);3-5H2,1-2H3;1-2H3. The monoisotopic (exact) mass is 498 g/mol. The summed E-state index contributed by atoms with van der Waals surface area (Å²) in [5.41, 5.74) is 2.89. The van der Waals surface area contributed by atoms with Crippen LogP contribution in [0.3, 0.4) is 0 Å². The maximum Gasteiger partial charge on any atom is 0.408 e. The number of nitrogens with zero attached hydrogens (tertiary/aromatic N) is 1. The zero-order valence-corrected chi connectivity index (χ0v) is 23.2. The summed E-state index contributed by atoms with van der Waals surface area (Å²) in [6, 6.07) is 11.4. The summed E-state index contributed by atoms with van der Waals surface area (Å²) in [7, 11) is 0. The number of aryl methyl sites for hydroxylation is 1. The van der Waals surface area contributed by atoms with Crippen molar-refractivity contribution < 1.29 is 18.7 Å². The van der Waals surface area contributed by atoms with E-state index >= 15 is 0 Å². The topological polar surface area (TPSA) is 79.2 Å². The van der Waals surface area contributed by atoms with Crippen molar-refractivity contribution in [1.82, 2.24) is 5.32 Å². The second kappa shape index (κ2) is 17.3. The van der Waals surface area contributed by atoms with Gasteiger partial charge in [0.1, 0.15) is 23.7 Å². The SMILES string of the molecule is CC.CCCCC.Cc1cc(-c2ccc(CC(C#N)NC(=O)OC(C)(C)C)cc2F)ccc1CC=O. The predicted octanol–water partition coefficient (Wildman–Crippen LogP) is 7.72. The van der Waals surface area contributed by atoms with Gasteiger partial charge in [0, 0.05) is 18.4 Å². The van der Waals surface area contributed by atoms with E-state index in [2.05, 4.69) is 19.2 Å². The summed E-state index contributed by atoms with van der Waals surface area (Å²) >= 11 is 0.